The highest BCUT2D eigenvalue weighted by Crippen LogP contribution is 2.50. The van der Waals surface area contributed by atoms with E-state index in [0.717, 1.165) is 25.7 Å². The maximum atomic E-state index is 5.88. The van der Waals surface area contributed by atoms with Crippen molar-refractivity contribution in [1.82, 2.24) is 19.6 Å². The number of hydrogen-bond acceptors (Lipinski definition) is 4. The fourth-order valence-corrected chi connectivity index (χ4v) is 6.22. The van der Waals surface area contributed by atoms with Gasteiger partial charge >= 0.3 is 0 Å². The van der Waals surface area contributed by atoms with Gasteiger partial charge in [0.2, 0.25) is 0 Å². The summed E-state index contributed by atoms with van der Waals surface area (Å²) in [6, 6.07) is 3.60. The average molecular weight is 359 g/mol. The summed E-state index contributed by atoms with van der Waals surface area (Å²) in [6.07, 6.45) is 10.2. The predicted molar refractivity (Wildman–Crippen MR) is 102 cm³/mol. The lowest BCUT2D eigenvalue weighted by Gasteiger charge is -2.42. The highest BCUT2D eigenvalue weighted by Gasteiger charge is 2.54. The third-order valence-corrected chi connectivity index (χ3v) is 7.83. The zero-order chi connectivity index (χ0) is 17.6. The van der Waals surface area contributed by atoms with Gasteiger partial charge < -0.3 is 4.74 Å². The molecule has 1 saturated carbocycles. The Morgan fingerprint density at radius 3 is 2.77 bits per heavy atom. The maximum absolute atomic E-state index is 5.88. The first-order chi connectivity index (χ1) is 12.8. The fourth-order valence-electron chi connectivity index (χ4n) is 6.22. The zero-order valence-electron chi connectivity index (χ0n) is 16.3. The Kier molecular flexibility index (Phi) is 4.58. The third-order valence-electron chi connectivity index (χ3n) is 7.83. The first-order valence-electron chi connectivity index (χ1n) is 10.9. The molecule has 1 aliphatic carbocycles. The van der Waals surface area contributed by atoms with Gasteiger partial charge in [0.1, 0.15) is 0 Å². The SMILES string of the molecule is CCN1CC2(CCN(Cc3ccn(C4CCCC4)n3)CC2)[C@H]2COC[C@H]21. The quantitative estimate of drug-likeness (QED) is 0.829. The standard InChI is InChI=1S/C21H34N4O/c1-2-24-16-21(19-14-26-15-20(19)24)8-11-23(12-9-21)13-17-7-10-25(22-17)18-5-3-4-6-18/h7,10,18-20H,2-6,8-9,11-16H2,1H3/t19-,20+/m0/s1. The Hall–Kier alpha value is -0.910. The Balaban J connectivity index is 1.20. The molecule has 1 aromatic rings. The van der Waals surface area contributed by atoms with Gasteiger partial charge in [0.15, 0.2) is 0 Å². The molecule has 4 aliphatic rings. The molecule has 0 amide bonds. The first-order valence-corrected chi connectivity index (χ1v) is 10.9. The van der Waals surface area contributed by atoms with E-state index in [0.29, 0.717) is 17.5 Å². The van der Waals surface area contributed by atoms with Crippen LogP contribution in [0.3, 0.4) is 0 Å². The van der Waals surface area contributed by atoms with E-state index in [2.05, 4.69) is 33.7 Å². The smallest absolute Gasteiger partial charge is 0.0764 e. The molecule has 2 atom stereocenters. The summed E-state index contributed by atoms with van der Waals surface area (Å²) in [4.78, 5) is 5.32. The Bertz CT molecular complexity index is 615. The lowest BCUT2D eigenvalue weighted by atomic mass is 9.70. The van der Waals surface area contributed by atoms with Crippen LogP contribution in [0.25, 0.3) is 0 Å². The highest BCUT2D eigenvalue weighted by atomic mass is 16.5. The van der Waals surface area contributed by atoms with E-state index in [-0.39, 0.29) is 0 Å². The molecular weight excluding hydrogens is 324 g/mol. The monoisotopic (exact) mass is 358 g/mol. The highest BCUT2D eigenvalue weighted by molar-refractivity contribution is 5.07. The normalized spacial score (nSPS) is 32.7. The molecule has 1 spiro atoms. The predicted octanol–water partition coefficient (Wildman–Crippen LogP) is 2.93. The van der Waals surface area contributed by atoms with Gasteiger partial charge in [0.05, 0.1) is 24.9 Å². The second-order valence-corrected chi connectivity index (χ2v) is 9.14. The Morgan fingerprint density at radius 1 is 1.19 bits per heavy atom. The number of piperidine rings is 1. The molecule has 5 heteroatoms. The number of ether oxygens (including phenoxy) is 1. The summed E-state index contributed by atoms with van der Waals surface area (Å²) in [5.41, 5.74) is 1.77. The molecule has 5 nitrogen and oxygen atoms in total. The van der Waals surface area contributed by atoms with Crippen molar-refractivity contribution < 1.29 is 4.74 Å². The van der Waals surface area contributed by atoms with E-state index in [1.807, 2.05) is 0 Å². The van der Waals surface area contributed by atoms with Gasteiger partial charge in [-0.05, 0) is 56.8 Å². The molecule has 1 aromatic heterocycles. The van der Waals surface area contributed by atoms with Gasteiger partial charge in [0, 0.05) is 31.2 Å². The summed E-state index contributed by atoms with van der Waals surface area (Å²) < 4.78 is 8.12. The van der Waals surface area contributed by atoms with Gasteiger partial charge in [0.25, 0.3) is 0 Å². The van der Waals surface area contributed by atoms with Crippen LogP contribution in [0.5, 0.6) is 0 Å². The zero-order valence-corrected chi connectivity index (χ0v) is 16.3. The Labute approximate surface area is 157 Å². The Morgan fingerprint density at radius 2 is 2.00 bits per heavy atom. The summed E-state index contributed by atoms with van der Waals surface area (Å²) in [6.45, 7) is 10.2. The van der Waals surface area contributed by atoms with E-state index in [1.165, 1.54) is 70.4 Å². The van der Waals surface area contributed by atoms with Crippen LogP contribution in [0.4, 0.5) is 0 Å². The van der Waals surface area contributed by atoms with Crippen LogP contribution in [-0.2, 0) is 11.3 Å². The minimum absolute atomic E-state index is 0.511. The van der Waals surface area contributed by atoms with Crippen molar-refractivity contribution in [2.24, 2.45) is 11.3 Å². The van der Waals surface area contributed by atoms with E-state index >= 15 is 0 Å². The summed E-state index contributed by atoms with van der Waals surface area (Å²) in [5, 5.41) is 4.90. The van der Waals surface area contributed by atoms with E-state index in [9.17, 15) is 0 Å². The minimum atomic E-state index is 0.511. The molecule has 4 heterocycles. The van der Waals surface area contributed by atoms with Crippen LogP contribution >= 0.6 is 0 Å². The van der Waals surface area contributed by atoms with Gasteiger partial charge in [-0.25, -0.2) is 0 Å². The van der Waals surface area contributed by atoms with Gasteiger partial charge in [-0.3, -0.25) is 14.5 Å². The van der Waals surface area contributed by atoms with Crippen LogP contribution < -0.4 is 0 Å². The third kappa shape index (κ3) is 2.92. The number of fused-ring (bicyclic) bond motifs is 2. The van der Waals surface area contributed by atoms with Crippen LogP contribution in [-0.4, -0.2) is 65.0 Å². The number of aromatic nitrogens is 2. The van der Waals surface area contributed by atoms with Crippen molar-refractivity contribution in [3.8, 4) is 0 Å². The van der Waals surface area contributed by atoms with Crippen LogP contribution in [0.15, 0.2) is 12.3 Å². The molecule has 0 N–H and O–H groups in total. The molecule has 4 fully saturated rings. The fraction of sp³-hybridized carbons (Fsp3) is 0.857. The lowest BCUT2D eigenvalue weighted by Crippen LogP contribution is -2.44. The van der Waals surface area contributed by atoms with Crippen molar-refractivity contribution in [3.05, 3.63) is 18.0 Å². The average Bonchev–Trinajstić information content (AvgIpc) is 3.43. The second kappa shape index (κ2) is 6.92. The van der Waals surface area contributed by atoms with Crippen molar-refractivity contribution in [1.29, 1.82) is 0 Å². The summed E-state index contributed by atoms with van der Waals surface area (Å²) >= 11 is 0. The molecule has 0 unspecified atom stereocenters. The molecular formula is C21H34N4O. The maximum Gasteiger partial charge on any atom is 0.0764 e. The molecule has 144 valence electrons. The van der Waals surface area contributed by atoms with Gasteiger partial charge in [-0.1, -0.05) is 19.8 Å². The number of likely N-dealkylation sites (N-methyl/N-ethyl adjacent to an activating group) is 1. The lowest BCUT2D eigenvalue weighted by molar-refractivity contribution is 0.0472. The molecule has 26 heavy (non-hydrogen) atoms. The molecule has 5 rings (SSSR count). The van der Waals surface area contributed by atoms with Crippen molar-refractivity contribution in [2.45, 2.75) is 64.1 Å². The van der Waals surface area contributed by atoms with E-state index < -0.39 is 0 Å². The van der Waals surface area contributed by atoms with Crippen molar-refractivity contribution >= 4 is 0 Å². The van der Waals surface area contributed by atoms with Crippen LogP contribution in [0, 0.1) is 11.3 Å². The number of likely N-dealkylation sites (tertiary alicyclic amines) is 2. The molecule has 0 bridgehead atoms. The summed E-state index contributed by atoms with van der Waals surface area (Å²) in [7, 11) is 0. The number of nitrogens with zero attached hydrogens (tertiary/aromatic N) is 4. The summed E-state index contributed by atoms with van der Waals surface area (Å²) in [5.74, 6) is 0.770. The van der Waals surface area contributed by atoms with E-state index in [1.54, 1.807) is 0 Å². The molecule has 3 aliphatic heterocycles. The van der Waals surface area contributed by atoms with Crippen LogP contribution in [0.1, 0.15) is 57.2 Å². The largest absolute Gasteiger partial charge is 0.379 e. The van der Waals surface area contributed by atoms with Gasteiger partial charge in [-0.2, -0.15) is 5.10 Å². The second-order valence-electron chi connectivity index (χ2n) is 9.14. The molecule has 0 radical (unpaired) electrons. The van der Waals surface area contributed by atoms with Gasteiger partial charge in [-0.15, -0.1) is 0 Å². The van der Waals surface area contributed by atoms with Crippen LogP contribution in [0.2, 0.25) is 0 Å². The first kappa shape index (κ1) is 17.2. The van der Waals surface area contributed by atoms with E-state index in [4.69, 9.17) is 9.84 Å². The molecule has 3 saturated heterocycles. The van der Waals surface area contributed by atoms with Crippen molar-refractivity contribution in [2.75, 3.05) is 39.4 Å². The molecule has 0 aromatic carbocycles. The van der Waals surface area contributed by atoms with Crippen molar-refractivity contribution in [3.63, 3.8) is 0 Å². The topological polar surface area (TPSA) is 33.5 Å². The number of rotatable bonds is 4. The number of hydrogen-bond donors (Lipinski definition) is 0. The minimum Gasteiger partial charge on any atom is -0.379 e.